The number of carboxylic acids is 1. The molecule has 2 aromatic rings. The first-order valence-electron chi connectivity index (χ1n) is 5.90. The van der Waals surface area contributed by atoms with Gasteiger partial charge in [-0.15, -0.1) is 0 Å². The van der Waals surface area contributed by atoms with Gasteiger partial charge in [0, 0.05) is 9.89 Å². The van der Waals surface area contributed by atoms with E-state index < -0.39 is 17.2 Å². The van der Waals surface area contributed by atoms with E-state index in [2.05, 4.69) is 20.9 Å². The number of benzene rings is 1. The second-order valence-corrected chi connectivity index (χ2v) is 6.29. The summed E-state index contributed by atoms with van der Waals surface area (Å²) in [7, 11) is 0. The zero-order valence-electron chi connectivity index (χ0n) is 11.2. The molecule has 0 atom stereocenters. The van der Waals surface area contributed by atoms with Gasteiger partial charge in [0.05, 0.1) is 5.56 Å². The number of oxazole rings is 1. The fraction of sp³-hybridized carbons (Fsp3) is 0.286. The molecule has 0 aliphatic heterocycles. The van der Waals surface area contributed by atoms with E-state index in [9.17, 15) is 14.3 Å². The van der Waals surface area contributed by atoms with Crippen LogP contribution in [0.25, 0.3) is 11.5 Å². The van der Waals surface area contributed by atoms with Gasteiger partial charge in [0.15, 0.2) is 0 Å². The lowest BCUT2D eigenvalue weighted by atomic mass is 9.91. The van der Waals surface area contributed by atoms with Crippen LogP contribution in [0, 0.1) is 5.82 Å². The van der Waals surface area contributed by atoms with Crippen LogP contribution >= 0.6 is 15.9 Å². The van der Waals surface area contributed by atoms with Crippen molar-refractivity contribution in [3.8, 4) is 11.5 Å². The molecule has 0 fully saturated rings. The molecule has 4 nitrogen and oxygen atoms in total. The summed E-state index contributed by atoms with van der Waals surface area (Å²) < 4.78 is 19.7. The van der Waals surface area contributed by atoms with E-state index in [1.807, 2.05) is 20.8 Å². The minimum absolute atomic E-state index is 0.0360. The third-order valence-electron chi connectivity index (χ3n) is 2.69. The third kappa shape index (κ3) is 2.75. The van der Waals surface area contributed by atoms with Crippen molar-refractivity contribution in [1.82, 2.24) is 4.98 Å². The average molecular weight is 342 g/mol. The van der Waals surface area contributed by atoms with Gasteiger partial charge in [0.25, 0.3) is 0 Å². The van der Waals surface area contributed by atoms with Gasteiger partial charge in [-0.05, 0) is 18.2 Å². The molecular formula is C14H13BrFNO3. The maximum Gasteiger partial charge on any atom is 0.373 e. The number of rotatable bonds is 2. The summed E-state index contributed by atoms with van der Waals surface area (Å²) in [6, 6.07) is 4.31. The van der Waals surface area contributed by atoms with E-state index in [0.29, 0.717) is 10.2 Å². The summed E-state index contributed by atoms with van der Waals surface area (Å²) in [6.45, 7) is 5.45. The molecule has 1 heterocycles. The van der Waals surface area contributed by atoms with Gasteiger partial charge in [-0.1, -0.05) is 36.7 Å². The molecule has 0 bridgehead atoms. The topological polar surface area (TPSA) is 63.3 Å². The summed E-state index contributed by atoms with van der Waals surface area (Å²) in [6.07, 6.45) is 0. The van der Waals surface area contributed by atoms with Crippen molar-refractivity contribution in [3.05, 3.63) is 39.9 Å². The molecule has 1 N–H and O–H groups in total. The summed E-state index contributed by atoms with van der Waals surface area (Å²) in [4.78, 5) is 15.4. The van der Waals surface area contributed by atoms with Gasteiger partial charge in [-0.25, -0.2) is 14.2 Å². The molecule has 0 spiro atoms. The third-order valence-corrected chi connectivity index (χ3v) is 3.18. The SMILES string of the molecule is CC(C)(C)c1nc(-c2cc(Br)ccc2F)oc1C(=O)O. The van der Waals surface area contributed by atoms with Crippen LogP contribution in [0.15, 0.2) is 27.1 Å². The maximum atomic E-state index is 13.8. The van der Waals surface area contributed by atoms with Gasteiger partial charge in [-0.2, -0.15) is 0 Å². The second kappa shape index (κ2) is 5.01. The summed E-state index contributed by atoms with van der Waals surface area (Å²) in [5.41, 5.74) is -0.102. The summed E-state index contributed by atoms with van der Waals surface area (Å²) >= 11 is 3.23. The Morgan fingerprint density at radius 2 is 2.05 bits per heavy atom. The molecule has 106 valence electrons. The quantitative estimate of drug-likeness (QED) is 0.887. The standard InChI is InChI=1S/C14H13BrFNO3/c1-14(2,3)11-10(13(18)19)20-12(17-11)8-6-7(15)4-5-9(8)16/h4-6H,1-3H3,(H,18,19). The Bertz CT molecular complexity index is 674. The number of hydrogen-bond acceptors (Lipinski definition) is 3. The number of halogens is 2. The summed E-state index contributed by atoms with van der Waals surface area (Å²) in [5, 5.41) is 9.18. The maximum absolute atomic E-state index is 13.8. The molecule has 2 rings (SSSR count). The van der Waals surface area contributed by atoms with Crippen molar-refractivity contribution in [2.75, 3.05) is 0 Å². The highest BCUT2D eigenvalue weighted by molar-refractivity contribution is 9.10. The molecule has 0 aliphatic rings. The molecule has 0 saturated carbocycles. The number of aromatic carboxylic acids is 1. The lowest BCUT2D eigenvalue weighted by Crippen LogP contribution is -2.16. The summed E-state index contributed by atoms with van der Waals surface area (Å²) in [5.74, 6) is -2.03. The number of hydrogen-bond donors (Lipinski definition) is 1. The van der Waals surface area contributed by atoms with Crippen LogP contribution in [0.5, 0.6) is 0 Å². The van der Waals surface area contributed by atoms with Crippen LogP contribution in [0.2, 0.25) is 0 Å². The zero-order chi connectivity index (χ0) is 15.1. The highest BCUT2D eigenvalue weighted by Gasteiger charge is 2.29. The monoisotopic (exact) mass is 341 g/mol. The van der Waals surface area contributed by atoms with Crippen LogP contribution in [-0.4, -0.2) is 16.1 Å². The Balaban J connectivity index is 2.65. The molecular weight excluding hydrogens is 329 g/mol. The fourth-order valence-corrected chi connectivity index (χ4v) is 2.11. The highest BCUT2D eigenvalue weighted by atomic mass is 79.9. The Labute approximate surface area is 123 Å². The van der Waals surface area contributed by atoms with Crippen LogP contribution < -0.4 is 0 Å². The lowest BCUT2D eigenvalue weighted by molar-refractivity contribution is 0.0659. The Hall–Kier alpha value is -1.69. The number of nitrogens with zero attached hydrogens (tertiary/aromatic N) is 1. The molecule has 0 amide bonds. The first kappa shape index (κ1) is 14.7. The first-order chi connectivity index (χ1) is 9.20. The van der Waals surface area contributed by atoms with Crippen LogP contribution in [0.4, 0.5) is 4.39 Å². The van der Waals surface area contributed by atoms with E-state index in [1.165, 1.54) is 12.1 Å². The first-order valence-corrected chi connectivity index (χ1v) is 6.69. The highest BCUT2D eigenvalue weighted by Crippen LogP contribution is 2.32. The van der Waals surface area contributed by atoms with Gasteiger partial charge in [-0.3, -0.25) is 0 Å². The molecule has 6 heteroatoms. The molecule has 0 unspecified atom stereocenters. The van der Waals surface area contributed by atoms with E-state index in [-0.39, 0.29) is 17.2 Å². The van der Waals surface area contributed by atoms with E-state index in [4.69, 9.17) is 4.42 Å². The van der Waals surface area contributed by atoms with E-state index in [0.717, 1.165) is 0 Å². The number of carboxylic acid groups (broad SMARTS) is 1. The van der Waals surface area contributed by atoms with Gasteiger partial charge in [0.2, 0.25) is 11.7 Å². The van der Waals surface area contributed by atoms with Crippen LogP contribution in [0.3, 0.4) is 0 Å². The predicted molar refractivity (Wildman–Crippen MR) is 75.3 cm³/mol. The van der Waals surface area contributed by atoms with E-state index >= 15 is 0 Å². The van der Waals surface area contributed by atoms with Crippen molar-refractivity contribution in [2.24, 2.45) is 0 Å². The number of aromatic nitrogens is 1. The second-order valence-electron chi connectivity index (χ2n) is 5.38. The molecule has 0 aliphatic carbocycles. The number of carbonyl (C=O) groups is 1. The van der Waals surface area contributed by atoms with E-state index in [1.54, 1.807) is 6.07 Å². The Morgan fingerprint density at radius 3 is 2.55 bits per heavy atom. The van der Waals surface area contributed by atoms with Crippen LogP contribution in [-0.2, 0) is 5.41 Å². The Morgan fingerprint density at radius 1 is 1.40 bits per heavy atom. The van der Waals surface area contributed by atoms with Crippen LogP contribution in [0.1, 0.15) is 37.0 Å². The Kier molecular flexibility index (Phi) is 3.69. The minimum Gasteiger partial charge on any atom is -0.475 e. The van der Waals surface area contributed by atoms with Crippen molar-refractivity contribution < 1.29 is 18.7 Å². The fourth-order valence-electron chi connectivity index (χ4n) is 1.75. The lowest BCUT2D eigenvalue weighted by Gasteiger charge is -2.14. The average Bonchev–Trinajstić information content (AvgIpc) is 2.77. The normalized spacial score (nSPS) is 11.7. The minimum atomic E-state index is -1.22. The van der Waals surface area contributed by atoms with Crippen molar-refractivity contribution in [3.63, 3.8) is 0 Å². The molecule has 0 saturated heterocycles. The van der Waals surface area contributed by atoms with Crippen molar-refractivity contribution in [1.29, 1.82) is 0 Å². The largest absolute Gasteiger partial charge is 0.475 e. The molecule has 20 heavy (non-hydrogen) atoms. The van der Waals surface area contributed by atoms with Gasteiger partial charge >= 0.3 is 5.97 Å². The zero-order valence-corrected chi connectivity index (χ0v) is 12.8. The predicted octanol–water partition coefficient (Wildman–Crippen LogP) is 4.24. The van der Waals surface area contributed by atoms with Gasteiger partial charge < -0.3 is 9.52 Å². The molecule has 0 radical (unpaired) electrons. The van der Waals surface area contributed by atoms with Gasteiger partial charge in [0.1, 0.15) is 11.5 Å². The van der Waals surface area contributed by atoms with Crippen molar-refractivity contribution in [2.45, 2.75) is 26.2 Å². The molecule has 1 aromatic heterocycles. The smallest absolute Gasteiger partial charge is 0.373 e. The molecule has 1 aromatic carbocycles. The van der Waals surface area contributed by atoms with Crippen molar-refractivity contribution >= 4 is 21.9 Å².